The number of anilines is 2. The molecule has 32 heavy (non-hydrogen) atoms. The van der Waals surface area contributed by atoms with Gasteiger partial charge in [-0.25, -0.2) is 8.42 Å². The average Bonchev–Trinajstić information content (AvgIpc) is 3.34. The Morgan fingerprint density at radius 2 is 1.66 bits per heavy atom. The molecule has 2 aromatic carbocycles. The van der Waals surface area contributed by atoms with E-state index in [0.717, 1.165) is 31.6 Å². The highest BCUT2D eigenvalue weighted by Gasteiger charge is 2.26. The van der Waals surface area contributed by atoms with E-state index >= 15 is 0 Å². The first-order chi connectivity index (χ1) is 15.4. The van der Waals surface area contributed by atoms with Crippen LogP contribution in [0.5, 0.6) is 5.75 Å². The zero-order valence-electron chi connectivity index (χ0n) is 18.7. The zero-order valence-corrected chi connectivity index (χ0v) is 19.5. The van der Waals surface area contributed by atoms with Crippen LogP contribution in [0.4, 0.5) is 11.4 Å². The van der Waals surface area contributed by atoms with E-state index in [1.54, 1.807) is 23.1 Å². The van der Waals surface area contributed by atoms with Crippen LogP contribution < -0.4 is 14.4 Å². The Balaban J connectivity index is 1.54. The Morgan fingerprint density at radius 3 is 2.28 bits per heavy atom. The predicted molar refractivity (Wildman–Crippen MR) is 126 cm³/mol. The SMILES string of the molecule is COc1ccc(S(=O)(=O)Nc2ccc(N3CCCC3)cc2)cc1C(=O)N1CCC(C)CC1. The fourth-order valence-electron chi connectivity index (χ4n) is 4.33. The van der Waals surface area contributed by atoms with Crippen molar-refractivity contribution in [2.75, 3.05) is 42.9 Å². The molecule has 8 heteroatoms. The molecule has 2 saturated heterocycles. The molecule has 0 bridgehead atoms. The van der Waals surface area contributed by atoms with Gasteiger partial charge in [0.1, 0.15) is 5.75 Å². The van der Waals surface area contributed by atoms with Gasteiger partial charge in [0.2, 0.25) is 0 Å². The highest BCUT2D eigenvalue weighted by molar-refractivity contribution is 7.92. The van der Waals surface area contributed by atoms with E-state index in [1.165, 1.54) is 32.1 Å². The van der Waals surface area contributed by atoms with Gasteiger partial charge in [0.05, 0.1) is 17.6 Å². The van der Waals surface area contributed by atoms with Crippen molar-refractivity contribution in [3.8, 4) is 5.75 Å². The zero-order chi connectivity index (χ0) is 22.7. The summed E-state index contributed by atoms with van der Waals surface area (Å²) in [5.74, 6) is 0.775. The van der Waals surface area contributed by atoms with Crippen molar-refractivity contribution in [1.29, 1.82) is 0 Å². The molecule has 0 aromatic heterocycles. The fraction of sp³-hybridized carbons (Fsp3) is 0.458. The van der Waals surface area contributed by atoms with Gasteiger partial charge in [-0.15, -0.1) is 0 Å². The summed E-state index contributed by atoms with van der Waals surface area (Å²) in [5.41, 5.74) is 1.86. The minimum Gasteiger partial charge on any atom is -0.496 e. The van der Waals surface area contributed by atoms with Gasteiger partial charge in [-0.1, -0.05) is 6.92 Å². The third-order valence-electron chi connectivity index (χ3n) is 6.37. The summed E-state index contributed by atoms with van der Waals surface area (Å²) < 4.78 is 34.1. The number of carbonyl (C=O) groups excluding carboxylic acids is 1. The van der Waals surface area contributed by atoms with Crippen LogP contribution in [0.25, 0.3) is 0 Å². The van der Waals surface area contributed by atoms with E-state index in [2.05, 4.69) is 16.5 Å². The number of methoxy groups -OCH3 is 1. The van der Waals surface area contributed by atoms with Gasteiger partial charge in [-0.05, 0) is 74.1 Å². The predicted octanol–water partition coefficient (Wildman–Crippen LogP) is 3.97. The van der Waals surface area contributed by atoms with Crippen LogP contribution in [-0.4, -0.2) is 52.5 Å². The number of hydrogen-bond acceptors (Lipinski definition) is 5. The topological polar surface area (TPSA) is 79.0 Å². The number of ether oxygens (including phenoxy) is 1. The first kappa shape index (κ1) is 22.5. The summed E-state index contributed by atoms with van der Waals surface area (Å²) in [6.45, 7) is 5.58. The van der Waals surface area contributed by atoms with Gasteiger partial charge < -0.3 is 14.5 Å². The Bertz CT molecular complexity index is 1060. The number of likely N-dealkylation sites (tertiary alicyclic amines) is 1. The molecule has 1 amide bonds. The number of rotatable bonds is 6. The van der Waals surface area contributed by atoms with Crippen LogP contribution in [0.3, 0.4) is 0 Å². The summed E-state index contributed by atoms with van der Waals surface area (Å²) in [4.78, 5) is 17.2. The maximum absolute atomic E-state index is 13.1. The number of hydrogen-bond donors (Lipinski definition) is 1. The number of nitrogens with one attached hydrogen (secondary N) is 1. The minimum atomic E-state index is -3.86. The van der Waals surface area contributed by atoms with Crippen LogP contribution in [0.1, 0.15) is 43.0 Å². The number of sulfonamides is 1. The molecule has 0 aliphatic carbocycles. The normalized spacial score (nSPS) is 17.4. The van der Waals surface area contributed by atoms with Crippen molar-refractivity contribution in [3.63, 3.8) is 0 Å². The summed E-state index contributed by atoms with van der Waals surface area (Å²) >= 11 is 0. The number of piperidine rings is 1. The van der Waals surface area contributed by atoms with E-state index in [-0.39, 0.29) is 16.4 Å². The second-order valence-corrected chi connectivity index (χ2v) is 10.4. The number of amides is 1. The van der Waals surface area contributed by atoms with Gasteiger partial charge in [-0.3, -0.25) is 9.52 Å². The maximum Gasteiger partial charge on any atom is 0.261 e. The Kier molecular flexibility index (Phi) is 6.60. The van der Waals surface area contributed by atoms with Gasteiger partial charge in [0.15, 0.2) is 0 Å². The van der Waals surface area contributed by atoms with Gasteiger partial charge in [0.25, 0.3) is 15.9 Å². The number of carbonyl (C=O) groups is 1. The molecule has 172 valence electrons. The van der Waals surface area contributed by atoms with Crippen molar-refractivity contribution in [1.82, 2.24) is 4.90 Å². The average molecular weight is 458 g/mol. The molecule has 2 aliphatic heterocycles. The smallest absolute Gasteiger partial charge is 0.261 e. The lowest BCUT2D eigenvalue weighted by atomic mass is 9.98. The van der Waals surface area contributed by atoms with Crippen molar-refractivity contribution in [2.45, 2.75) is 37.5 Å². The van der Waals surface area contributed by atoms with E-state index in [1.807, 2.05) is 12.1 Å². The quantitative estimate of drug-likeness (QED) is 0.710. The van der Waals surface area contributed by atoms with Gasteiger partial charge >= 0.3 is 0 Å². The third kappa shape index (κ3) is 4.85. The van der Waals surface area contributed by atoms with Crippen molar-refractivity contribution >= 4 is 27.3 Å². The van der Waals surface area contributed by atoms with E-state index < -0.39 is 10.0 Å². The molecule has 0 unspecified atom stereocenters. The van der Waals surface area contributed by atoms with Crippen molar-refractivity contribution in [2.24, 2.45) is 5.92 Å². The Hall–Kier alpha value is -2.74. The molecular weight excluding hydrogens is 426 g/mol. The molecule has 0 saturated carbocycles. The molecule has 0 spiro atoms. The van der Waals surface area contributed by atoms with Gasteiger partial charge in [-0.2, -0.15) is 0 Å². The summed E-state index contributed by atoms with van der Waals surface area (Å²) in [6.07, 6.45) is 4.26. The highest BCUT2D eigenvalue weighted by atomic mass is 32.2. The monoisotopic (exact) mass is 457 g/mol. The second-order valence-electron chi connectivity index (χ2n) is 8.68. The first-order valence-corrected chi connectivity index (χ1v) is 12.7. The Morgan fingerprint density at radius 1 is 1.00 bits per heavy atom. The van der Waals surface area contributed by atoms with Crippen molar-refractivity contribution < 1.29 is 17.9 Å². The summed E-state index contributed by atoms with van der Waals surface area (Å²) in [5, 5.41) is 0. The molecule has 2 fully saturated rings. The largest absolute Gasteiger partial charge is 0.496 e. The van der Waals surface area contributed by atoms with E-state index in [4.69, 9.17) is 4.74 Å². The molecular formula is C24H31N3O4S. The molecule has 2 aromatic rings. The Labute approximate surface area is 190 Å². The van der Waals surface area contributed by atoms with Crippen LogP contribution in [0.15, 0.2) is 47.4 Å². The summed E-state index contributed by atoms with van der Waals surface area (Å²) in [7, 11) is -2.37. The van der Waals surface area contributed by atoms with E-state index in [9.17, 15) is 13.2 Å². The molecule has 7 nitrogen and oxygen atoms in total. The molecule has 4 rings (SSSR count). The summed E-state index contributed by atoms with van der Waals surface area (Å²) in [6, 6.07) is 11.8. The minimum absolute atomic E-state index is 0.0376. The molecule has 2 heterocycles. The fourth-order valence-corrected chi connectivity index (χ4v) is 5.42. The van der Waals surface area contributed by atoms with Crippen LogP contribution >= 0.6 is 0 Å². The lowest BCUT2D eigenvalue weighted by molar-refractivity contribution is 0.0693. The lowest BCUT2D eigenvalue weighted by Gasteiger charge is -2.30. The molecule has 0 radical (unpaired) electrons. The van der Waals surface area contributed by atoms with Gasteiger partial charge in [0, 0.05) is 37.6 Å². The number of nitrogens with zero attached hydrogens (tertiary/aromatic N) is 2. The highest BCUT2D eigenvalue weighted by Crippen LogP contribution is 2.28. The maximum atomic E-state index is 13.1. The lowest BCUT2D eigenvalue weighted by Crippen LogP contribution is -2.38. The number of benzene rings is 2. The van der Waals surface area contributed by atoms with Crippen LogP contribution in [0.2, 0.25) is 0 Å². The molecule has 2 aliphatic rings. The third-order valence-corrected chi connectivity index (χ3v) is 7.75. The van der Waals surface area contributed by atoms with Crippen LogP contribution in [-0.2, 0) is 10.0 Å². The molecule has 0 atom stereocenters. The standard InChI is InChI=1S/C24H31N3O4S/c1-18-11-15-27(16-12-18)24(28)22-17-21(9-10-23(22)31-2)32(29,30)25-19-5-7-20(8-6-19)26-13-3-4-14-26/h5-10,17-18,25H,3-4,11-16H2,1-2H3. The van der Waals surface area contributed by atoms with Crippen molar-refractivity contribution in [3.05, 3.63) is 48.0 Å². The second kappa shape index (κ2) is 9.40. The van der Waals surface area contributed by atoms with Crippen LogP contribution in [0, 0.1) is 5.92 Å². The molecule has 1 N–H and O–H groups in total. The first-order valence-electron chi connectivity index (χ1n) is 11.2. The van der Waals surface area contributed by atoms with E-state index in [0.29, 0.717) is 30.4 Å².